The van der Waals surface area contributed by atoms with Crippen LogP contribution >= 0.6 is 0 Å². The quantitative estimate of drug-likeness (QED) is 0.569. The Morgan fingerprint density at radius 2 is 1.76 bits per heavy atom. The van der Waals surface area contributed by atoms with Gasteiger partial charge in [0.15, 0.2) is 0 Å². The summed E-state index contributed by atoms with van der Waals surface area (Å²) in [5, 5.41) is 0. The van der Waals surface area contributed by atoms with E-state index in [0.717, 1.165) is 0 Å². The molecular formula is C11H12N2O4. The Morgan fingerprint density at radius 3 is 2.35 bits per heavy atom. The van der Waals surface area contributed by atoms with Crippen LogP contribution in [0.3, 0.4) is 0 Å². The Bertz CT molecular complexity index is 457. The Balaban J connectivity index is 2.80. The molecule has 0 bridgehead atoms. The SMILES string of the molecule is COC(=O)c1cccc(C(=O)NNC(C)=O)c1. The summed E-state index contributed by atoms with van der Waals surface area (Å²) >= 11 is 0. The van der Waals surface area contributed by atoms with Crippen LogP contribution in [0.25, 0.3) is 0 Å². The maximum Gasteiger partial charge on any atom is 0.337 e. The monoisotopic (exact) mass is 236 g/mol. The highest BCUT2D eigenvalue weighted by Crippen LogP contribution is 2.06. The van der Waals surface area contributed by atoms with E-state index in [-0.39, 0.29) is 17.0 Å². The lowest BCUT2D eigenvalue weighted by atomic mass is 10.1. The topological polar surface area (TPSA) is 84.5 Å². The minimum atomic E-state index is -0.529. The highest BCUT2D eigenvalue weighted by Gasteiger charge is 2.10. The van der Waals surface area contributed by atoms with Crippen LogP contribution in [-0.2, 0) is 9.53 Å². The van der Waals surface area contributed by atoms with Gasteiger partial charge in [-0.25, -0.2) is 4.79 Å². The first kappa shape index (κ1) is 12.7. The van der Waals surface area contributed by atoms with Crippen LogP contribution in [0.1, 0.15) is 27.6 Å². The van der Waals surface area contributed by atoms with Gasteiger partial charge in [-0.2, -0.15) is 0 Å². The molecule has 0 aromatic heterocycles. The number of hydrogen-bond acceptors (Lipinski definition) is 4. The Labute approximate surface area is 97.9 Å². The standard InChI is InChI=1S/C11H12N2O4/c1-7(14)12-13-10(15)8-4-3-5-9(6-8)11(16)17-2/h3-6H,1-2H3,(H,12,14)(H,13,15). The second-order valence-corrected chi connectivity index (χ2v) is 3.21. The molecule has 0 fully saturated rings. The van der Waals surface area contributed by atoms with Crippen molar-refractivity contribution in [3.63, 3.8) is 0 Å². The zero-order chi connectivity index (χ0) is 12.8. The molecule has 0 aliphatic rings. The zero-order valence-corrected chi connectivity index (χ0v) is 9.44. The van der Waals surface area contributed by atoms with Crippen LogP contribution in [0.5, 0.6) is 0 Å². The van der Waals surface area contributed by atoms with Gasteiger partial charge >= 0.3 is 5.97 Å². The molecule has 0 heterocycles. The number of nitrogens with one attached hydrogen (secondary N) is 2. The van der Waals surface area contributed by atoms with Crippen molar-refractivity contribution in [1.29, 1.82) is 0 Å². The van der Waals surface area contributed by atoms with E-state index in [1.165, 1.54) is 32.2 Å². The molecule has 0 unspecified atom stereocenters. The van der Waals surface area contributed by atoms with E-state index in [2.05, 4.69) is 15.6 Å². The van der Waals surface area contributed by atoms with Crippen molar-refractivity contribution in [2.24, 2.45) is 0 Å². The predicted octanol–water partition coefficient (Wildman–Crippen LogP) is 0.254. The molecule has 0 aliphatic heterocycles. The van der Waals surface area contributed by atoms with Gasteiger partial charge in [-0.05, 0) is 18.2 Å². The van der Waals surface area contributed by atoms with E-state index >= 15 is 0 Å². The molecule has 17 heavy (non-hydrogen) atoms. The molecule has 0 spiro atoms. The fraction of sp³-hybridized carbons (Fsp3) is 0.182. The molecule has 1 rings (SSSR count). The number of carbonyl (C=O) groups excluding carboxylic acids is 3. The van der Waals surface area contributed by atoms with Crippen molar-refractivity contribution in [2.45, 2.75) is 6.92 Å². The Kier molecular flexibility index (Phi) is 4.21. The maximum atomic E-state index is 11.5. The number of methoxy groups -OCH3 is 1. The lowest BCUT2D eigenvalue weighted by molar-refractivity contribution is -0.119. The van der Waals surface area contributed by atoms with Gasteiger partial charge in [-0.15, -0.1) is 0 Å². The first-order valence-electron chi connectivity index (χ1n) is 4.80. The summed E-state index contributed by atoms with van der Waals surface area (Å²) < 4.78 is 4.53. The molecule has 0 aliphatic carbocycles. The molecule has 0 atom stereocenters. The van der Waals surface area contributed by atoms with Crippen LogP contribution in [0.4, 0.5) is 0 Å². The summed E-state index contributed by atoms with van der Waals surface area (Å²) in [6, 6.07) is 5.97. The summed E-state index contributed by atoms with van der Waals surface area (Å²) in [7, 11) is 1.26. The Hall–Kier alpha value is -2.37. The molecule has 0 radical (unpaired) electrons. The van der Waals surface area contributed by atoms with Crippen molar-refractivity contribution >= 4 is 17.8 Å². The van der Waals surface area contributed by atoms with Crippen molar-refractivity contribution in [2.75, 3.05) is 7.11 Å². The average Bonchev–Trinajstić information content (AvgIpc) is 2.35. The number of amides is 2. The van der Waals surface area contributed by atoms with Crippen molar-refractivity contribution in [1.82, 2.24) is 10.9 Å². The van der Waals surface area contributed by atoms with Crippen LogP contribution in [0.2, 0.25) is 0 Å². The third-order valence-electron chi connectivity index (χ3n) is 1.90. The summed E-state index contributed by atoms with van der Waals surface area (Å²) in [6.07, 6.45) is 0. The minimum absolute atomic E-state index is 0.252. The van der Waals surface area contributed by atoms with Crippen molar-refractivity contribution < 1.29 is 19.1 Å². The fourth-order valence-electron chi connectivity index (χ4n) is 1.12. The van der Waals surface area contributed by atoms with E-state index in [0.29, 0.717) is 0 Å². The van der Waals surface area contributed by atoms with Gasteiger partial charge in [-0.1, -0.05) is 6.07 Å². The fourth-order valence-corrected chi connectivity index (χ4v) is 1.12. The third-order valence-corrected chi connectivity index (χ3v) is 1.90. The minimum Gasteiger partial charge on any atom is -0.465 e. The zero-order valence-electron chi connectivity index (χ0n) is 9.44. The number of carbonyl (C=O) groups is 3. The molecule has 90 valence electrons. The predicted molar refractivity (Wildman–Crippen MR) is 59.1 cm³/mol. The molecule has 1 aromatic carbocycles. The van der Waals surface area contributed by atoms with Crippen molar-refractivity contribution in [3.05, 3.63) is 35.4 Å². The average molecular weight is 236 g/mol. The molecule has 6 nitrogen and oxygen atoms in total. The van der Waals surface area contributed by atoms with Crippen LogP contribution < -0.4 is 10.9 Å². The summed E-state index contributed by atoms with van der Waals surface area (Å²) in [4.78, 5) is 33.4. The van der Waals surface area contributed by atoms with Crippen LogP contribution in [0, 0.1) is 0 Å². The smallest absolute Gasteiger partial charge is 0.337 e. The van der Waals surface area contributed by atoms with Crippen molar-refractivity contribution in [3.8, 4) is 0 Å². The number of benzene rings is 1. The van der Waals surface area contributed by atoms with Gasteiger partial charge in [0.1, 0.15) is 0 Å². The first-order chi connectivity index (χ1) is 8.04. The molecule has 0 saturated carbocycles. The van der Waals surface area contributed by atoms with E-state index in [4.69, 9.17) is 0 Å². The molecule has 2 amide bonds. The third kappa shape index (κ3) is 3.60. The normalized spacial score (nSPS) is 9.29. The number of hydrazine groups is 1. The largest absolute Gasteiger partial charge is 0.465 e. The summed E-state index contributed by atoms with van der Waals surface area (Å²) in [6.45, 7) is 1.27. The number of rotatable bonds is 2. The van der Waals surface area contributed by atoms with Crippen LogP contribution in [-0.4, -0.2) is 24.9 Å². The molecule has 0 saturated heterocycles. The van der Waals surface area contributed by atoms with Gasteiger partial charge in [0.05, 0.1) is 12.7 Å². The Morgan fingerprint density at radius 1 is 1.12 bits per heavy atom. The summed E-state index contributed by atoms with van der Waals surface area (Å²) in [5.41, 5.74) is 4.86. The molecular weight excluding hydrogens is 224 g/mol. The lowest BCUT2D eigenvalue weighted by Gasteiger charge is -2.06. The van der Waals surface area contributed by atoms with E-state index in [1.807, 2.05) is 0 Å². The number of hydrogen-bond donors (Lipinski definition) is 2. The van der Waals surface area contributed by atoms with Crippen LogP contribution in [0.15, 0.2) is 24.3 Å². The number of ether oxygens (including phenoxy) is 1. The van der Waals surface area contributed by atoms with Gasteiger partial charge in [-0.3, -0.25) is 20.4 Å². The number of esters is 1. The van der Waals surface area contributed by atoms with Gasteiger partial charge in [0, 0.05) is 12.5 Å². The van der Waals surface area contributed by atoms with Gasteiger partial charge < -0.3 is 4.74 Å². The first-order valence-corrected chi connectivity index (χ1v) is 4.80. The molecule has 1 aromatic rings. The second kappa shape index (κ2) is 5.64. The lowest BCUT2D eigenvalue weighted by Crippen LogP contribution is -2.40. The van der Waals surface area contributed by atoms with E-state index in [1.54, 1.807) is 6.07 Å². The van der Waals surface area contributed by atoms with Gasteiger partial charge in [0.2, 0.25) is 5.91 Å². The highest BCUT2D eigenvalue weighted by atomic mass is 16.5. The molecule has 6 heteroatoms. The second-order valence-electron chi connectivity index (χ2n) is 3.21. The highest BCUT2D eigenvalue weighted by molar-refractivity contribution is 5.98. The maximum absolute atomic E-state index is 11.5. The van der Waals surface area contributed by atoms with Gasteiger partial charge in [0.25, 0.3) is 5.91 Å². The van der Waals surface area contributed by atoms with E-state index < -0.39 is 11.9 Å². The molecule has 2 N–H and O–H groups in total. The summed E-state index contributed by atoms with van der Waals surface area (Å²) in [5.74, 6) is -1.42. The van der Waals surface area contributed by atoms with E-state index in [9.17, 15) is 14.4 Å².